The predicted octanol–water partition coefficient (Wildman–Crippen LogP) is 3.72. The Bertz CT molecular complexity index is 545. The van der Waals surface area contributed by atoms with Gasteiger partial charge in [0.05, 0.1) is 12.1 Å². The molecule has 0 unspecified atom stereocenters. The molecule has 16 heavy (non-hydrogen) atoms. The lowest BCUT2D eigenvalue weighted by Gasteiger charge is -2.05. The van der Waals surface area contributed by atoms with E-state index in [4.69, 9.17) is 4.74 Å². The molecule has 2 rings (SSSR count). The van der Waals surface area contributed by atoms with E-state index in [0.717, 1.165) is 20.9 Å². The molecule has 0 saturated heterocycles. The Labute approximate surface area is 102 Å². The molecule has 0 radical (unpaired) electrons. The fourth-order valence-electron chi connectivity index (χ4n) is 1.76. The first-order chi connectivity index (χ1) is 7.65. The monoisotopic (exact) mass is 281 g/mol. The summed E-state index contributed by atoms with van der Waals surface area (Å²) in [7, 11) is 0. The number of aryl methyl sites for hydroxylation is 1. The summed E-state index contributed by atoms with van der Waals surface area (Å²) < 4.78 is 7.45. The van der Waals surface area contributed by atoms with Crippen molar-refractivity contribution in [2.45, 2.75) is 13.8 Å². The fraction of sp³-hybridized carbons (Fsp3) is 0.250. The predicted molar refractivity (Wildman–Crippen MR) is 66.8 cm³/mol. The van der Waals surface area contributed by atoms with Crippen molar-refractivity contribution in [1.82, 2.24) is 4.57 Å². The lowest BCUT2D eigenvalue weighted by Crippen LogP contribution is -2.12. The number of hydrogen-bond donors (Lipinski definition) is 0. The zero-order valence-corrected chi connectivity index (χ0v) is 10.7. The standard InChI is InChI=1S/C12H12BrNO2/c1-3-16-12(15)14-7-10(13)9-6-4-5-8(2)11(9)14/h4-7H,3H2,1-2H3. The molecule has 84 valence electrons. The van der Waals surface area contributed by atoms with Crippen molar-refractivity contribution in [2.75, 3.05) is 6.61 Å². The van der Waals surface area contributed by atoms with E-state index in [9.17, 15) is 4.79 Å². The van der Waals surface area contributed by atoms with Gasteiger partial charge in [-0.2, -0.15) is 0 Å². The minimum atomic E-state index is -0.340. The summed E-state index contributed by atoms with van der Waals surface area (Å²) in [5.41, 5.74) is 1.95. The van der Waals surface area contributed by atoms with Gasteiger partial charge in [0, 0.05) is 16.1 Å². The van der Waals surface area contributed by atoms with Crippen LogP contribution in [0.15, 0.2) is 28.9 Å². The number of para-hydroxylation sites is 1. The van der Waals surface area contributed by atoms with Gasteiger partial charge in [0.15, 0.2) is 0 Å². The Balaban J connectivity index is 2.66. The maximum Gasteiger partial charge on any atom is 0.418 e. The van der Waals surface area contributed by atoms with Crippen molar-refractivity contribution >= 4 is 32.9 Å². The van der Waals surface area contributed by atoms with Crippen LogP contribution in [-0.2, 0) is 4.74 Å². The van der Waals surface area contributed by atoms with Crippen molar-refractivity contribution in [3.63, 3.8) is 0 Å². The number of benzene rings is 1. The van der Waals surface area contributed by atoms with Crippen LogP contribution < -0.4 is 0 Å². The van der Waals surface area contributed by atoms with Gasteiger partial charge in [-0.15, -0.1) is 0 Å². The number of hydrogen-bond acceptors (Lipinski definition) is 2. The molecule has 0 atom stereocenters. The van der Waals surface area contributed by atoms with E-state index in [1.54, 1.807) is 13.1 Å². The fourth-order valence-corrected chi connectivity index (χ4v) is 2.28. The molecule has 0 N–H and O–H groups in total. The van der Waals surface area contributed by atoms with Crippen LogP contribution in [0.3, 0.4) is 0 Å². The number of carbonyl (C=O) groups excluding carboxylic acids is 1. The number of fused-ring (bicyclic) bond motifs is 1. The smallest absolute Gasteiger partial charge is 0.418 e. The average molecular weight is 282 g/mol. The number of nitrogens with zero attached hydrogens (tertiary/aromatic N) is 1. The largest absolute Gasteiger partial charge is 0.449 e. The zero-order valence-electron chi connectivity index (χ0n) is 9.16. The van der Waals surface area contributed by atoms with E-state index in [2.05, 4.69) is 15.9 Å². The van der Waals surface area contributed by atoms with Crippen molar-refractivity contribution < 1.29 is 9.53 Å². The van der Waals surface area contributed by atoms with E-state index in [0.29, 0.717) is 6.61 Å². The summed E-state index contributed by atoms with van der Waals surface area (Å²) in [5.74, 6) is 0. The minimum absolute atomic E-state index is 0.340. The van der Waals surface area contributed by atoms with Crippen LogP contribution in [0.5, 0.6) is 0 Å². The number of ether oxygens (including phenoxy) is 1. The number of rotatable bonds is 1. The molecule has 0 saturated carbocycles. The van der Waals surface area contributed by atoms with E-state index < -0.39 is 0 Å². The normalized spacial score (nSPS) is 10.7. The highest BCUT2D eigenvalue weighted by Gasteiger charge is 2.14. The first-order valence-electron chi connectivity index (χ1n) is 5.08. The quantitative estimate of drug-likeness (QED) is 0.798. The van der Waals surface area contributed by atoms with Crippen molar-refractivity contribution in [3.8, 4) is 0 Å². The molecular weight excluding hydrogens is 270 g/mol. The van der Waals surface area contributed by atoms with E-state index in [1.165, 1.54) is 4.57 Å². The van der Waals surface area contributed by atoms with Crippen LogP contribution in [-0.4, -0.2) is 17.3 Å². The Morgan fingerprint density at radius 3 is 2.94 bits per heavy atom. The van der Waals surface area contributed by atoms with Crippen LogP contribution in [0, 0.1) is 6.92 Å². The number of aromatic nitrogens is 1. The Kier molecular flexibility index (Phi) is 3.01. The highest BCUT2D eigenvalue weighted by Crippen LogP contribution is 2.28. The minimum Gasteiger partial charge on any atom is -0.449 e. The van der Waals surface area contributed by atoms with Crippen molar-refractivity contribution in [2.24, 2.45) is 0 Å². The lowest BCUT2D eigenvalue weighted by molar-refractivity contribution is 0.155. The molecule has 3 nitrogen and oxygen atoms in total. The van der Waals surface area contributed by atoms with E-state index in [1.807, 2.05) is 25.1 Å². The first kappa shape index (κ1) is 11.2. The van der Waals surface area contributed by atoms with Crippen LogP contribution in [0.25, 0.3) is 10.9 Å². The molecule has 0 bridgehead atoms. The summed E-state index contributed by atoms with van der Waals surface area (Å²) >= 11 is 3.44. The van der Waals surface area contributed by atoms with Gasteiger partial charge < -0.3 is 4.74 Å². The molecule has 1 aromatic carbocycles. The number of halogens is 1. The van der Waals surface area contributed by atoms with Crippen molar-refractivity contribution in [1.29, 1.82) is 0 Å². The third-order valence-electron chi connectivity index (χ3n) is 2.44. The summed E-state index contributed by atoms with van der Waals surface area (Å²) in [6, 6.07) is 5.92. The molecule has 0 amide bonds. The number of carbonyl (C=O) groups is 1. The summed E-state index contributed by atoms with van der Waals surface area (Å²) in [6.07, 6.45) is 1.41. The van der Waals surface area contributed by atoms with E-state index in [-0.39, 0.29) is 6.09 Å². The topological polar surface area (TPSA) is 31.2 Å². The maximum atomic E-state index is 11.7. The van der Waals surface area contributed by atoms with Gasteiger partial charge in [-0.25, -0.2) is 4.79 Å². The molecule has 4 heteroatoms. The highest BCUT2D eigenvalue weighted by atomic mass is 79.9. The van der Waals surface area contributed by atoms with Gasteiger partial charge in [0.2, 0.25) is 0 Å². The molecule has 0 aliphatic heterocycles. The molecule has 0 aliphatic carbocycles. The van der Waals surface area contributed by atoms with Crippen LogP contribution >= 0.6 is 15.9 Å². The second-order valence-electron chi connectivity index (χ2n) is 3.52. The Hall–Kier alpha value is -1.29. The first-order valence-corrected chi connectivity index (χ1v) is 5.87. The van der Waals surface area contributed by atoms with Crippen LogP contribution in [0.2, 0.25) is 0 Å². The molecule has 2 aromatic rings. The molecule has 1 aromatic heterocycles. The second-order valence-corrected chi connectivity index (χ2v) is 4.37. The van der Waals surface area contributed by atoms with Gasteiger partial charge in [0.25, 0.3) is 0 Å². The molecule has 0 spiro atoms. The lowest BCUT2D eigenvalue weighted by atomic mass is 10.2. The zero-order chi connectivity index (χ0) is 11.7. The molecule has 0 fully saturated rings. The maximum absolute atomic E-state index is 11.7. The van der Waals surface area contributed by atoms with Crippen molar-refractivity contribution in [3.05, 3.63) is 34.4 Å². The molecule has 0 aliphatic rings. The summed E-state index contributed by atoms with van der Waals surface area (Å²) in [4.78, 5) is 11.7. The molecular formula is C12H12BrNO2. The Morgan fingerprint density at radius 2 is 2.25 bits per heavy atom. The van der Waals surface area contributed by atoms with Gasteiger partial charge >= 0.3 is 6.09 Å². The Morgan fingerprint density at radius 1 is 1.50 bits per heavy atom. The van der Waals surface area contributed by atoms with Gasteiger partial charge in [-0.1, -0.05) is 18.2 Å². The average Bonchev–Trinajstić information content (AvgIpc) is 2.58. The van der Waals surface area contributed by atoms with Crippen LogP contribution in [0.1, 0.15) is 12.5 Å². The highest BCUT2D eigenvalue weighted by molar-refractivity contribution is 9.10. The summed E-state index contributed by atoms with van der Waals surface area (Å²) in [5, 5.41) is 1.02. The third kappa shape index (κ3) is 1.73. The van der Waals surface area contributed by atoms with Gasteiger partial charge in [-0.3, -0.25) is 4.57 Å². The van der Waals surface area contributed by atoms with E-state index >= 15 is 0 Å². The summed E-state index contributed by atoms with van der Waals surface area (Å²) in [6.45, 7) is 4.15. The SMILES string of the molecule is CCOC(=O)n1cc(Br)c2cccc(C)c21. The van der Waals surface area contributed by atoms with Crippen LogP contribution in [0.4, 0.5) is 4.79 Å². The molecule has 1 heterocycles. The second kappa shape index (κ2) is 4.29. The third-order valence-corrected chi connectivity index (χ3v) is 3.07. The van der Waals surface area contributed by atoms with Gasteiger partial charge in [0.1, 0.15) is 0 Å². The van der Waals surface area contributed by atoms with Gasteiger partial charge in [-0.05, 0) is 35.3 Å².